The fourth-order valence-corrected chi connectivity index (χ4v) is 6.48. The molecule has 0 spiro atoms. The molecule has 11 heteroatoms. The minimum absolute atomic E-state index is 0.103. The third kappa shape index (κ3) is 7.78. The zero-order valence-electron chi connectivity index (χ0n) is 27.1. The van der Waals surface area contributed by atoms with E-state index < -0.39 is 52.7 Å². The lowest BCUT2D eigenvalue weighted by Crippen LogP contribution is -2.62. The molecule has 0 radical (unpaired) electrons. The summed E-state index contributed by atoms with van der Waals surface area (Å²) in [6.45, 7) is 14.4. The smallest absolute Gasteiger partial charge is 0.315 e. The Kier molecular flexibility index (Phi) is 9.49. The first-order valence-electron chi connectivity index (χ1n) is 15.6. The number of hydrogen-bond acceptors (Lipinski definition) is 6. The molecule has 242 valence electrons. The molecule has 1 aliphatic heterocycles. The molecule has 0 aromatic heterocycles. The number of primary amides is 1. The van der Waals surface area contributed by atoms with Gasteiger partial charge >= 0.3 is 6.03 Å². The van der Waals surface area contributed by atoms with E-state index in [-0.39, 0.29) is 35.7 Å². The van der Waals surface area contributed by atoms with E-state index in [0.29, 0.717) is 19.6 Å². The van der Waals surface area contributed by atoms with Gasteiger partial charge in [-0.25, -0.2) is 4.79 Å². The van der Waals surface area contributed by atoms with Gasteiger partial charge < -0.3 is 31.3 Å². The third-order valence-corrected chi connectivity index (χ3v) is 9.32. The Morgan fingerprint density at radius 3 is 2.23 bits per heavy atom. The molecule has 1 heterocycles. The maximum absolute atomic E-state index is 14.2. The number of fused-ring (bicyclic) bond motifs is 1. The van der Waals surface area contributed by atoms with Crippen molar-refractivity contribution < 1.29 is 28.7 Å². The van der Waals surface area contributed by atoms with Gasteiger partial charge in [0.05, 0.1) is 24.8 Å². The molecule has 5 N–H and O–H groups in total. The van der Waals surface area contributed by atoms with Crippen molar-refractivity contribution in [3.63, 3.8) is 0 Å². The zero-order chi connectivity index (χ0) is 32.6. The van der Waals surface area contributed by atoms with E-state index in [2.05, 4.69) is 29.8 Å². The molecule has 1 unspecified atom stereocenters. The lowest BCUT2D eigenvalue weighted by Gasteiger charge is -2.38. The fourth-order valence-electron chi connectivity index (χ4n) is 6.48. The highest BCUT2D eigenvalue weighted by Crippen LogP contribution is 2.65. The van der Waals surface area contributed by atoms with E-state index >= 15 is 0 Å². The van der Waals surface area contributed by atoms with Gasteiger partial charge in [-0.3, -0.25) is 19.2 Å². The number of carbonyl (C=O) groups is 5. The van der Waals surface area contributed by atoms with Crippen LogP contribution in [-0.4, -0.2) is 71.3 Å². The molecular formula is C33H49N5O6. The minimum atomic E-state index is -1.09. The van der Waals surface area contributed by atoms with Crippen LogP contribution in [0.25, 0.3) is 0 Å². The molecule has 5 atom stereocenters. The van der Waals surface area contributed by atoms with Crippen LogP contribution in [0.4, 0.5) is 4.79 Å². The van der Waals surface area contributed by atoms with Crippen LogP contribution < -0.4 is 21.7 Å². The van der Waals surface area contributed by atoms with Gasteiger partial charge in [0, 0.05) is 6.54 Å². The number of likely N-dealkylation sites (tertiary alicyclic amines) is 1. The number of nitrogens with zero attached hydrogens (tertiary/aromatic N) is 1. The standard InChI is InChI=1S/C33H49N5O6/c1-31(2,3)26(36-30(43)37-32(4,5)18-44-17-20-11-9-8-10-12-20)29(42)38-16-21-23(33(21,6)7)24(38)28(41)35-22(15-19-13-14-19)25(39)27(34)40/h8-12,19,21-24,26H,13-18H2,1-7H3,(H2,34,40)(H,35,41)(H2,36,37,43)/t21-,22?,23-,24-,26+/m0/s1. The van der Waals surface area contributed by atoms with Gasteiger partial charge in [0.1, 0.15) is 12.1 Å². The van der Waals surface area contributed by atoms with Gasteiger partial charge in [0.15, 0.2) is 0 Å². The van der Waals surface area contributed by atoms with Crippen LogP contribution in [-0.2, 0) is 30.5 Å². The summed E-state index contributed by atoms with van der Waals surface area (Å²) in [5, 5.41) is 8.57. The van der Waals surface area contributed by atoms with Gasteiger partial charge in [-0.2, -0.15) is 0 Å². The fraction of sp³-hybridized carbons (Fsp3) is 0.667. The number of ether oxygens (including phenoxy) is 1. The number of piperidine rings is 1. The number of benzene rings is 1. The van der Waals surface area contributed by atoms with Crippen molar-refractivity contribution in [2.45, 2.75) is 98.0 Å². The van der Waals surface area contributed by atoms with E-state index in [9.17, 15) is 24.0 Å². The first kappa shape index (κ1) is 33.4. The number of nitrogens with two attached hydrogens (primary N) is 1. The van der Waals surface area contributed by atoms with E-state index in [0.717, 1.165) is 18.4 Å². The quantitative estimate of drug-likeness (QED) is 0.251. The van der Waals surface area contributed by atoms with E-state index in [1.165, 1.54) is 0 Å². The normalized spacial score (nSPS) is 23.6. The van der Waals surface area contributed by atoms with Crippen molar-refractivity contribution in [3.8, 4) is 0 Å². The summed E-state index contributed by atoms with van der Waals surface area (Å²) >= 11 is 0. The molecular weight excluding hydrogens is 562 g/mol. The maximum Gasteiger partial charge on any atom is 0.315 e. The molecule has 1 saturated heterocycles. The lowest BCUT2D eigenvalue weighted by molar-refractivity contribution is -0.145. The molecule has 3 aliphatic rings. The molecule has 44 heavy (non-hydrogen) atoms. The second-order valence-corrected chi connectivity index (χ2v) is 15.1. The molecule has 1 aromatic carbocycles. The highest BCUT2D eigenvalue weighted by Gasteiger charge is 2.70. The predicted molar refractivity (Wildman–Crippen MR) is 165 cm³/mol. The van der Waals surface area contributed by atoms with E-state index in [4.69, 9.17) is 10.5 Å². The Labute approximate surface area is 260 Å². The topological polar surface area (TPSA) is 160 Å². The number of urea groups is 1. The Hall–Kier alpha value is -3.47. The number of Topliss-reactive ketones (excluding diaryl/α,β-unsaturated/α-hetero) is 1. The van der Waals surface area contributed by atoms with Crippen molar-refractivity contribution in [1.29, 1.82) is 0 Å². The number of ketones is 1. The molecule has 1 aromatic rings. The van der Waals surface area contributed by atoms with Crippen LogP contribution in [0.1, 0.15) is 73.3 Å². The Bertz CT molecular complexity index is 1270. The summed E-state index contributed by atoms with van der Waals surface area (Å²) in [5.74, 6) is -2.49. The predicted octanol–water partition coefficient (Wildman–Crippen LogP) is 2.52. The third-order valence-electron chi connectivity index (χ3n) is 9.32. The zero-order valence-corrected chi connectivity index (χ0v) is 27.1. The minimum Gasteiger partial charge on any atom is -0.374 e. The number of rotatable bonds is 13. The van der Waals surface area contributed by atoms with Crippen LogP contribution >= 0.6 is 0 Å². The van der Waals surface area contributed by atoms with Gasteiger partial charge in [-0.1, -0.05) is 77.8 Å². The summed E-state index contributed by atoms with van der Waals surface area (Å²) in [4.78, 5) is 67.0. The molecule has 11 nitrogen and oxygen atoms in total. The first-order valence-corrected chi connectivity index (χ1v) is 15.6. The van der Waals surface area contributed by atoms with Crippen molar-refractivity contribution >= 4 is 29.5 Å². The molecule has 5 amide bonds. The molecule has 3 fully saturated rings. The van der Waals surface area contributed by atoms with Crippen molar-refractivity contribution in [2.75, 3.05) is 13.2 Å². The van der Waals surface area contributed by atoms with Crippen LogP contribution in [0.5, 0.6) is 0 Å². The van der Waals surface area contributed by atoms with Crippen LogP contribution in [0.3, 0.4) is 0 Å². The summed E-state index contributed by atoms with van der Waals surface area (Å²) in [5.41, 5.74) is 4.74. The van der Waals surface area contributed by atoms with Crippen LogP contribution in [0, 0.1) is 28.6 Å². The number of amides is 5. The lowest BCUT2D eigenvalue weighted by atomic mass is 9.85. The molecule has 0 bridgehead atoms. The summed E-state index contributed by atoms with van der Waals surface area (Å²) in [6, 6.07) is 6.43. The summed E-state index contributed by atoms with van der Waals surface area (Å²) in [7, 11) is 0. The van der Waals surface area contributed by atoms with Crippen molar-refractivity contribution in [1.82, 2.24) is 20.9 Å². The van der Waals surface area contributed by atoms with Crippen molar-refractivity contribution in [2.24, 2.45) is 34.3 Å². The highest BCUT2D eigenvalue weighted by atomic mass is 16.5. The second-order valence-electron chi connectivity index (χ2n) is 15.1. The molecule has 4 rings (SSSR count). The number of hydrogen-bond donors (Lipinski definition) is 4. The monoisotopic (exact) mass is 611 g/mol. The summed E-state index contributed by atoms with van der Waals surface area (Å²) < 4.78 is 5.84. The molecule has 2 aliphatic carbocycles. The molecule has 2 saturated carbocycles. The second kappa shape index (κ2) is 12.5. The van der Waals surface area contributed by atoms with Crippen molar-refractivity contribution in [3.05, 3.63) is 35.9 Å². The van der Waals surface area contributed by atoms with Gasteiger partial charge in [0.2, 0.25) is 17.6 Å². The maximum atomic E-state index is 14.2. The SMILES string of the molecule is CC(C)(COCc1ccccc1)NC(=O)N[C@H](C(=O)N1C[C@H]2[C@@H]([C@H]1C(=O)NC(CC1CC1)C(=O)C(N)=O)C2(C)C)C(C)(C)C. The average Bonchev–Trinajstić information content (AvgIpc) is 3.77. The Morgan fingerprint density at radius 2 is 1.66 bits per heavy atom. The van der Waals surface area contributed by atoms with E-state index in [1.807, 2.05) is 65.0 Å². The number of nitrogens with one attached hydrogen (secondary N) is 3. The van der Waals surface area contributed by atoms with E-state index in [1.54, 1.807) is 4.90 Å². The van der Waals surface area contributed by atoms with Crippen LogP contribution in [0.15, 0.2) is 30.3 Å². The van der Waals surface area contributed by atoms with Crippen LogP contribution in [0.2, 0.25) is 0 Å². The highest BCUT2D eigenvalue weighted by molar-refractivity contribution is 6.37. The number of carbonyl (C=O) groups excluding carboxylic acids is 5. The largest absolute Gasteiger partial charge is 0.374 e. The first-order chi connectivity index (χ1) is 20.4. The van der Waals surface area contributed by atoms with Gasteiger partial charge in [0.25, 0.3) is 5.91 Å². The van der Waals surface area contributed by atoms with Gasteiger partial charge in [-0.05, 0) is 54.4 Å². The average molecular weight is 612 g/mol. The Morgan fingerprint density at radius 1 is 1.02 bits per heavy atom. The Balaban J connectivity index is 1.44. The van der Waals surface area contributed by atoms with Gasteiger partial charge in [-0.15, -0.1) is 0 Å². The summed E-state index contributed by atoms with van der Waals surface area (Å²) in [6.07, 6.45) is 2.21.